The molecule has 0 bridgehead atoms. The summed E-state index contributed by atoms with van der Waals surface area (Å²) in [5.41, 5.74) is 2.00. The van der Waals surface area contributed by atoms with Gasteiger partial charge < -0.3 is 10.3 Å². The van der Waals surface area contributed by atoms with E-state index in [1.165, 1.54) is 6.92 Å². The van der Waals surface area contributed by atoms with Crippen LogP contribution in [0.3, 0.4) is 0 Å². The molecular weight excluding hydrogens is 312 g/mol. The second-order valence-corrected chi connectivity index (χ2v) is 7.82. The van der Waals surface area contributed by atoms with Gasteiger partial charge in [0.15, 0.2) is 9.84 Å². The van der Waals surface area contributed by atoms with E-state index in [1.54, 1.807) is 6.07 Å². The lowest BCUT2D eigenvalue weighted by Gasteiger charge is -2.10. The second kappa shape index (κ2) is 6.07. The Hall–Kier alpha value is -1.53. The third-order valence-corrected chi connectivity index (χ3v) is 5.17. The molecule has 1 heterocycles. The van der Waals surface area contributed by atoms with Gasteiger partial charge in [0.25, 0.3) is 0 Å². The molecule has 2 aromatic rings. The first-order valence-corrected chi connectivity index (χ1v) is 8.84. The fourth-order valence-electron chi connectivity index (χ4n) is 2.02. The number of carbonyl (C=O) groups excluding carboxylic acids is 1. The number of halogens is 1. The van der Waals surface area contributed by atoms with Gasteiger partial charge in [-0.25, -0.2) is 8.42 Å². The van der Waals surface area contributed by atoms with E-state index in [9.17, 15) is 13.2 Å². The summed E-state index contributed by atoms with van der Waals surface area (Å²) in [5.74, 6) is -0.477. The van der Waals surface area contributed by atoms with Crippen LogP contribution in [0.1, 0.15) is 12.5 Å². The molecular formula is C14H17ClN2O3S. The standard InChI is InChI=1S/C14H17ClN2O3S/c1-9(21(2,19)20)14(18)16-6-5-10-8-17-13-4-3-11(15)7-12(10)13/h3-4,7-9,17H,5-6H2,1-2H3,(H,16,18). The lowest BCUT2D eigenvalue weighted by molar-refractivity contribution is -0.120. The fourth-order valence-corrected chi connectivity index (χ4v) is 2.66. The van der Waals surface area contributed by atoms with Gasteiger partial charge in [-0.1, -0.05) is 11.6 Å². The highest BCUT2D eigenvalue weighted by atomic mass is 35.5. The smallest absolute Gasteiger partial charge is 0.238 e. The number of H-pyrrole nitrogens is 1. The molecule has 1 unspecified atom stereocenters. The Bertz CT molecular complexity index is 768. The molecule has 0 aliphatic carbocycles. The summed E-state index contributed by atoms with van der Waals surface area (Å²) in [7, 11) is -3.36. The van der Waals surface area contributed by atoms with Crippen LogP contribution in [0, 0.1) is 0 Å². The molecule has 1 aromatic heterocycles. The molecule has 0 aliphatic rings. The Morgan fingerprint density at radius 1 is 1.43 bits per heavy atom. The van der Waals surface area contributed by atoms with Crippen LogP contribution in [0.5, 0.6) is 0 Å². The SMILES string of the molecule is CC(C(=O)NCCc1c[nH]c2ccc(Cl)cc12)S(C)(=O)=O. The lowest BCUT2D eigenvalue weighted by atomic mass is 10.1. The van der Waals surface area contributed by atoms with E-state index >= 15 is 0 Å². The van der Waals surface area contributed by atoms with Gasteiger partial charge in [-0.05, 0) is 37.1 Å². The van der Waals surface area contributed by atoms with Crippen LogP contribution in [0.2, 0.25) is 5.02 Å². The van der Waals surface area contributed by atoms with Crippen molar-refractivity contribution in [2.24, 2.45) is 0 Å². The molecule has 0 fully saturated rings. The normalized spacial score (nSPS) is 13.3. The van der Waals surface area contributed by atoms with E-state index in [0.29, 0.717) is 18.0 Å². The number of fused-ring (bicyclic) bond motifs is 1. The van der Waals surface area contributed by atoms with Crippen molar-refractivity contribution in [2.45, 2.75) is 18.6 Å². The Morgan fingerprint density at radius 2 is 2.14 bits per heavy atom. The van der Waals surface area contributed by atoms with Crippen LogP contribution in [0.4, 0.5) is 0 Å². The van der Waals surface area contributed by atoms with Gasteiger partial charge in [0.2, 0.25) is 5.91 Å². The highest BCUT2D eigenvalue weighted by Crippen LogP contribution is 2.22. The summed E-state index contributed by atoms with van der Waals surface area (Å²) in [4.78, 5) is 14.8. The summed E-state index contributed by atoms with van der Waals surface area (Å²) >= 11 is 5.97. The number of sulfone groups is 1. The predicted molar refractivity (Wildman–Crippen MR) is 84.3 cm³/mol. The summed E-state index contributed by atoms with van der Waals surface area (Å²) in [6.45, 7) is 1.76. The minimum absolute atomic E-state index is 0.373. The van der Waals surface area contributed by atoms with Gasteiger partial charge in [-0.3, -0.25) is 4.79 Å². The number of rotatable bonds is 5. The molecule has 1 aromatic carbocycles. The van der Waals surface area contributed by atoms with E-state index in [0.717, 1.165) is 22.7 Å². The molecule has 0 radical (unpaired) electrons. The number of carbonyl (C=O) groups is 1. The Morgan fingerprint density at radius 3 is 2.81 bits per heavy atom. The molecule has 1 amide bonds. The quantitative estimate of drug-likeness (QED) is 0.880. The molecule has 2 N–H and O–H groups in total. The summed E-state index contributed by atoms with van der Waals surface area (Å²) in [6.07, 6.45) is 3.52. The number of hydrogen-bond donors (Lipinski definition) is 2. The van der Waals surface area contributed by atoms with Crippen molar-refractivity contribution in [3.63, 3.8) is 0 Å². The van der Waals surface area contributed by atoms with E-state index < -0.39 is 21.0 Å². The minimum Gasteiger partial charge on any atom is -0.361 e. The van der Waals surface area contributed by atoms with Crippen LogP contribution in [0.15, 0.2) is 24.4 Å². The number of aromatic nitrogens is 1. The number of hydrogen-bond acceptors (Lipinski definition) is 3. The molecule has 2 rings (SSSR count). The maximum absolute atomic E-state index is 11.7. The number of aromatic amines is 1. The van der Waals surface area contributed by atoms with Crippen molar-refractivity contribution in [1.82, 2.24) is 10.3 Å². The zero-order valence-corrected chi connectivity index (χ0v) is 13.4. The zero-order valence-electron chi connectivity index (χ0n) is 11.8. The van der Waals surface area contributed by atoms with Crippen LogP contribution in [0.25, 0.3) is 10.9 Å². The van der Waals surface area contributed by atoms with Crippen molar-refractivity contribution < 1.29 is 13.2 Å². The van der Waals surface area contributed by atoms with Gasteiger partial charge in [0.1, 0.15) is 5.25 Å². The van der Waals surface area contributed by atoms with Gasteiger partial charge in [0.05, 0.1) is 0 Å². The third-order valence-electron chi connectivity index (χ3n) is 3.43. The molecule has 1 atom stereocenters. The highest BCUT2D eigenvalue weighted by Gasteiger charge is 2.22. The van der Waals surface area contributed by atoms with Gasteiger partial charge in [-0.15, -0.1) is 0 Å². The van der Waals surface area contributed by atoms with E-state index in [2.05, 4.69) is 10.3 Å². The first kappa shape index (κ1) is 15.9. The number of amides is 1. The van der Waals surface area contributed by atoms with Crippen molar-refractivity contribution in [3.8, 4) is 0 Å². The zero-order chi connectivity index (χ0) is 15.6. The van der Waals surface area contributed by atoms with Gasteiger partial charge in [0, 0.05) is 34.9 Å². The molecule has 7 heteroatoms. The largest absolute Gasteiger partial charge is 0.361 e. The lowest BCUT2D eigenvalue weighted by Crippen LogP contribution is -2.38. The van der Waals surface area contributed by atoms with Crippen molar-refractivity contribution >= 4 is 38.2 Å². The first-order chi connectivity index (χ1) is 9.79. The topological polar surface area (TPSA) is 79.0 Å². The number of nitrogens with one attached hydrogen (secondary N) is 2. The molecule has 114 valence electrons. The molecule has 0 aliphatic heterocycles. The van der Waals surface area contributed by atoms with Crippen molar-refractivity contribution in [2.75, 3.05) is 12.8 Å². The maximum Gasteiger partial charge on any atom is 0.238 e. The van der Waals surface area contributed by atoms with Crippen LogP contribution < -0.4 is 5.32 Å². The van der Waals surface area contributed by atoms with E-state index in [1.807, 2.05) is 18.3 Å². The maximum atomic E-state index is 11.7. The van der Waals surface area contributed by atoms with Gasteiger partial charge in [-0.2, -0.15) is 0 Å². The molecule has 5 nitrogen and oxygen atoms in total. The van der Waals surface area contributed by atoms with E-state index in [4.69, 9.17) is 11.6 Å². The fraction of sp³-hybridized carbons (Fsp3) is 0.357. The monoisotopic (exact) mass is 328 g/mol. The summed E-state index contributed by atoms with van der Waals surface area (Å²) in [5, 5.41) is 3.27. The second-order valence-electron chi connectivity index (χ2n) is 5.02. The van der Waals surface area contributed by atoms with Gasteiger partial charge >= 0.3 is 0 Å². The molecule has 0 spiro atoms. The average molecular weight is 329 g/mol. The molecule has 0 saturated carbocycles. The van der Waals surface area contributed by atoms with E-state index in [-0.39, 0.29) is 0 Å². The number of benzene rings is 1. The molecule has 21 heavy (non-hydrogen) atoms. The summed E-state index contributed by atoms with van der Waals surface area (Å²) < 4.78 is 22.6. The first-order valence-electron chi connectivity index (χ1n) is 6.51. The Labute approximate surface area is 128 Å². The Kier molecular flexibility index (Phi) is 4.58. The van der Waals surface area contributed by atoms with Crippen LogP contribution in [-0.2, 0) is 21.1 Å². The van der Waals surface area contributed by atoms with Crippen molar-refractivity contribution in [3.05, 3.63) is 35.0 Å². The predicted octanol–water partition coefficient (Wildman–Crippen LogP) is 1.91. The summed E-state index contributed by atoms with van der Waals surface area (Å²) in [6, 6.07) is 5.56. The average Bonchev–Trinajstić information content (AvgIpc) is 2.79. The van der Waals surface area contributed by atoms with Crippen LogP contribution >= 0.6 is 11.6 Å². The third kappa shape index (κ3) is 3.77. The minimum atomic E-state index is -3.36. The van der Waals surface area contributed by atoms with Crippen molar-refractivity contribution in [1.29, 1.82) is 0 Å². The van der Waals surface area contributed by atoms with Crippen LogP contribution in [-0.4, -0.2) is 37.4 Å². The highest BCUT2D eigenvalue weighted by molar-refractivity contribution is 7.92. The molecule has 0 saturated heterocycles. The Balaban J connectivity index is 2.00.